The molecule has 0 saturated carbocycles. The zero-order valence-corrected chi connectivity index (χ0v) is 21.8. The van der Waals surface area contributed by atoms with E-state index in [1.807, 2.05) is 48.5 Å². The van der Waals surface area contributed by atoms with E-state index >= 15 is 0 Å². The molecule has 36 heavy (non-hydrogen) atoms. The number of esters is 1. The van der Waals surface area contributed by atoms with Crippen molar-refractivity contribution in [3.63, 3.8) is 0 Å². The van der Waals surface area contributed by atoms with E-state index in [4.69, 9.17) is 14.2 Å². The van der Waals surface area contributed by atoms with Crippen LogP contribution in [-0.4, -0.2) is 25.8 Å². The Hall–Kier alpha value is -3.15. The van der Waals surface area contributed by atoms with Crippen LogP contribution in [0, 0.1) is 0 Å². The smallest absolute Gasteiger partial charge is 0.330 e. The molecule has 0 amide bonds. The maximum absolute atomic E-state index is 11.0. The highest BCUT2D eigenvalue weighted by molar-refractivity contribution is 5.81. The van der Waals surface area contributed by atoms with Gasteiger partial charge in [0.05, 0.1) is 31.2 Å². The molecular formula is C30H42N2O4. The van der Waals surface area contributed by atoms with Crippen molar-refractivity contribution in [1.82, 2.24) is 0 Å². The Balaban J connectivity index is 1.58. The van der Waals surface area contributed by atoms with Crippen molar-refractivity contribution in [2.24, 2.45) is 10.2 Å². The average Bonchev–Trinajstić information content (AvgIpc) is 2.91. The number of carbonyl (C=O) groups excluding carboxylic acids is 1. The first kappa shape index (κ1) is 29.1. The normalized spacial score (nSPS) is 10.9. The van der Waals surface area contributed by atoms with Gasteiger partial charge in [-0.05, 0) is 80.6 Å². The van der Waals surface area contributed by atoms with Gasteiger partial charge in [-0.1, -0.05) is 52.0 Å². The lowest BCUT2D eigenvalue weighted by Crippen LogP contribution is -2.02. The van der Waals surface area contributed by atoms with E-state index in [0.29, 0.717) is 13.2 Å². The lowest BCUT2D eigenvalue weighted by Gasteiger charge is -2.07. The van der Waals surface area contributed by atoms with E-state index in [-0.39, 0.29) is 5.97 Å². The van der Waals surface area contributed by atoms with Crippen molar-refractivity contribution in [3.05, 3.63) is 61.2 Å². The van der Waals surface area contributed by atoms with Gasteiger partial charge in [0.1, 0.15) is 11.5 Å². The monoisotopic (exact) mass is 494 g/mol. The van der Waals surface area contributed by atoms with Crippen molar-refractivity contribution in [3.8, 4) is 11.5 Å². The quantitative estimate of drug-likeness (QED) is 0.0797. The summed E-state index contributed by atoms with van der Waals surface area (Å²) in [6.45, 7) is 7.48. The first-order valence-corrected chi connectivity index (χ1v) is 13.4. The Morgan fingerprint density at radius 2 is 1.08 bits per heavy atom. The second-order valence-electron chi connectivity index (χ2n) is 8.79. The summed E-state index contributed by atoms with van der Waals surface area (Å²) in [5.41, 5.74) is 1.56. The minimum atomic E-state index is -0.363. The Morgan fingerprint density at radius 1 is 0.667 bits per heavy atom. The minimum Gasteiger partial charge on any atom is -0.494 e. The fourth-order valence-electron chi connectivity index (χ4n) is 3.56. The number of hydrogen-bond acceptors (Lipinski definition) is 6. The van der Waals surface area contributed by atoms with E-state index in [2.05, 4.69) is 23.7 Å². The van der Waals surface area contributed by atoms with Crippen LogP contribution in [-0.2, 0) is 9.53 Å². The highest BCUT2D eigenvalue weighted by Crippen LogP contribution is 2.23. The van der Waals surface area contributed by atoms with Crippen LogP contribution >= 0.6 is 0 Å². The number of azo groups is 1. The third-order valence-corrected chi connectivity index (χ3v) is 5.69. The number of carbonyl (C=O) groups is 1. The van der Waals surface area contributed by atoms with Crippen molar-refractivity contribution >= 4 is 17.3 Å². The van der Waals surface area contributed by atoms with E-state index in [1.165, 1.54) is 44.6 Å². The highest BCUT2D eigenvalue weighted by Gasteiger charge is 1.99. The molecule has 0 aliphatic heterocycles. The summed E-state index contributed by atoms with van der Waals surface area (Å²) in [7, 11) is 0. The number of unbranched alkanes of at least 4 members (excludes halogenated alkanes) is 9. The average molecular weight is 495 g/mol. The predicted octanol–water partition coefficient (Wildman–Crippen LogP) is 8.90. The summed E-state index contributed by atoms with van der Waals surface area (Å²) < 4.78 is 16.6. The molecule has 2 aromatic rings. The molecule has 0 aliphatic rings. The lowest BCUT2D eigenvalue weighted by molar-refractivity contribution is -0.137. The second-order valence-corrected chi connectivity index (χ2v) is 8.79. The van der Waals surface area contributed by atoms with Gasteiger partial charge in [0.15, 0.2) is 0 Å². The van der Waals surface area contributed by atoms with Gasteiger partial charge in [-0.3, -0.25) is 0 Å². The number of hydrogen-bond donors (Lipinski definition) is 0. The topological polar surface area (TPSA) is 69.5 Å². The minimum absolute atomic E-state index is 0.363. The van der Waals surface area contributed by atoms with Gasteiger partial charge >= 0.3 is 5.97 Å². The maximum Gasteiger partial charge on any atom is 0.330 e. The van der Waals surface area contributed by atoms with E-state index in [0.717, 1.165) is 61.6 Å². The fourth-order valence-corrected chi connectivity index (χ4v) is 3.56. The molecule has 0 spiro atoms. The number of rotatable bonds is 20. The van der Waals surface area contributed by atoms with Gasteiger partial charge < -0.3 is 14.2 Å². The van der Waals surface area contributed by atoms with Gasteiger partial charge in [-0.2, -0.15) is 10.2 Å². The van der Waals surface area contributed by atoms with Gasteiger partial charge in [0.25, 0.3) is 0 Å². The van der Waals surface area contributed by atoms with Crippen LogP contribution in [0.2, 0.25) is 0 Å². The third-order valence-electron chi connectivity index (χ3n) is 5.69. The molecule has 0 radical (unpaired) electrons. The van der Waals surface area contributed by atoms with E-state index < -0.39 is 0 Å². The number of nitrogens with zero attached hydrogens (tertiary/aromatic N) is 2. The van der Waals surface area contributed by atoms with Gasteiger partial charge in [-0.25, -0.2) is 4.79 Å². The highest BCUT2D eigenvalue weighted by atomic mass is 16.5. The van der Waals surface area contributed by atoms with Crippen LogP contribution in [0.1, 0.15) is 77.6 Å². The van der Waals surface area contributed by atoms with Crippen LogP contribution in [0.3, 0.4) is 0 Å². The van der Waals surface area contributed by atoms with Crippen molar-refractivity contribution in [2.45, 2.75) is 77.6 Å². The van der Waals surface area contributed by atoms with Gasteiger partial charge in [0.2, 0.25) is 0 Å². The molecule has 0 bridgehead atoms. The Kier molecular flexibility index (Phi) is 15.4. The molecule has 0 N–H and O–H groups in total. The van der Waals surface area contributed by atoms with Crippen LogP contribution in [0.4, 0.5) is 11.4 Å². The van der Waals surface area contributed by atoms with Crippen molar-refractivity contribution in [2.75, 3.05) is 19.8 Å². The summed E-state index contributed by atoms with van der Waals surface area (Å²) in [6.07, 6.45) is 14.0. The predicted molar refractivity (Wildman–Crippen MR) is 146 cm³/mol. The first-order valence-electron chi connectivity index (χ1n) is 13.4. The molecule has 2 aromatic carbocycles. The zero-order valence-electron chi connectivity index (χ0n) is 21.8. The molecule has 0 fully saturated rings. The Morgan fingerprint density at radius 3 is 1.53 bits per heavy atom. The van der Waals surface area contributed by atoms with Crippen LogP contribution in [0.15, 0.2) is 71.4 Å². The van der Waals surface area contributed by atoms with Crippen molar-refractivity contribution < 1.29 is 19.0 Å². The van der Waals surface area contributed by atoms with Crippen molar-refractivity contribution in [1.29, 1.82) is 0 Å². The van der Waals surface area contributed by atoms with Crippen LogP contribution in [0.5, 0.6) is 11.5 Å². The van der Waals surface area contributed by atoms with E-state index in [9.17, 15) is 4.79 Å². The van der Waals surface area contributed by atoms with E-state index in [1.54, 1.807) is 0 Å². The SMILES string of the molecule is C=CC(=O)OCCCCCCOc1ccc(N=Nc2ccc(OCCCCCCCCC)cc2)cc1. The van der Waals surface area contributed by atoms with Crippen LogP contribution < -0.4 is 9.47 Å². The maximum atomic E-state index is 11.0. The molecule has 2 rings (SSSR count). The first-order chi connectivity index (χ1) is 17.7. The molecule has 0 aromatic heterocycles. The third kappa shape index (κ3) is 13.7. The number of ether oxygens (including phenoxy) is 3. The van der Waals surface area contributed by atoms with Gasteiger partial charge in [-0.15, -0.1) is 0 Å². The molecule has 6 nitrogen and oxygen atoms in total. The number of benzene rings is 2. The fraction of sp³-hybridized carbons (Fsp3) is 0.500. The zero-order chi connectivity index (χ0) is 25.7. The summed E-state index contributed by atoms with van der Waals surface area (Å²) in [6, 6.07) is 15.3. The van der Waals surface area contributed by atoms with Crippen LogP contribution in [0.25, 0.3) is 0 Å². The molecule has 6 heteroatoms. The molecule has 0 saturated heterocycles. The largest absolute Gasteiger partial charge is 0.494 e. The lowest BCUT2D eigenvalue weighted by atomic mass is 10.1. The standard InChI is InChI=1S/C30H42N2O4/c1-3-5-6-7-8-9-12-23-34-28-19-15-26(16-20-28)31-32-27-17-21-29(22-18-27)35-24-13-10-11-14-25-36-30(33)4-2/h4,15-22H,2-3,5-14,23-25H2,1H3. The summed E-state index contributed by atoms with van der Waals surface area (Å²) in [4.78, 5) is 11.0. The Labute approximate surface area is 216 Å². The second kappa shape index (κ2) is 19.1. The summed E-state index contributed by atoms with van der Waals surface area (Å²) in [5.74, 6) is 1.33. The Bertz CT molecular complexity index is 879. The molecule has 196 valence electrons. The molecule has 0 atom stereocenters. The molecule has 0 aliphatic carbocycles. The molecular weight excluding hydrogens is 452 g/mol. The van der Waals surface area contributed by atoms with Gasteiger partial charge in [0, 0.05) is 6.08 Å². The molecule has 0 unspecified atom stereocenters. The summed E-state index contributed by atoms with van der Waals surface area (Å²) >= 11 is 0. The molecule has 0 heterocycles. The summed E-state index contributed by atoms with van der Waals surface area (Å²) in [5, 5.41) is 8.62.